The molecular weight excluding hydrogens is 293 g/mol. The Hall–Kier alpha value is 2.05. The van der Waals surface area contributed by atoms with Crippen molar-refractivity contribution in [1.29, 1.82) is 0 Å². The van der Waals surface area contributed by atoms with Crippen molar-refractivity contribution < 1.29 is 57.9 Å². The average Bonchev–Trinajstić information content (AvgIpc) is 1.12. The molecule has 0 radical (unpaired) electrons. The van der Waals surface area contributed by atoms with E-state index in [0.717, 1.165) is 0 Å². The summed E-state index contributed by atoms with van der Waals surface area (Å²) in [5.41, 5.74) is 0. The van der Waals surface area contributed by atoms with Gasteiger partial charge in [-0.05, 0) is 0 Å². The monoisotopic (exact) mass is 300 g/mol. The van der Waals surface area contributed by atoms with Gasteiger partial charge in [-0.3, -0.25) is 0 Å². The molecule has 0 amide bonds. The van der Waals surface area contributed by atoms with E-state index in [1.165, 1.54) is 0 Å². The molecule has 0 aromatic heterocycles. The number of rotatable bonds is 0. The van der Waals surface area contributed by atoms with Crippen LogP contribution in [-0.2, 0) is 24.0 Å². The summed E-state index contributed by atoms with van der Waals surface area (Å²) in [7, 11) is -9.25. The summed E-state index contributed by atoms with van der Waals surface area (Å²) < 4.78 is 8.88. The maximum absolute atomic E-state index is 8.88. The molecule has 70 valence electrons. The largest absolute Gasteiger partial charge is 0 e. The molecule has 0 fully saturated rings. The minimum atomic E-state index is -4.64. The van der Waals surface area contributed by atoms with Gasteiger partial charge in [0.15, 0.2) is 0 Å². The molecule has 0 saturated carbocycles. The minimum Gasteiger partial charge on any atom is 0 e. The van der Waals surface area contributed by atoms with Crippen molar-refractivity contribution in [2.75, 3.05) is 0 Å². The molecule has 7 N–H and O–H groups in total. The molecule has 0 aromatic rings. The molecule has 0 heterocycles. The fourth-order valence-electron chi connectivity index (χ4n) is 0. The summed E-state index contributed by atoms with van der Waals surface area (Å²) in [6.07, 6.45) is 0. The van der Waals surface area contributed by atoms with Crippen molar-refractivity contribution in [3.05, 3.63) is 0 Å². The van der Waals surface area contributed by atoms with Crippen LogP contribution in [0.15, 0.2) is 0 Å². The zero-order valence-corrected chi connectivity index (χ0v) is 10.1. The molecular formula is H9CaO8PSiZn. The number of hydrogen-bond acceptors (Lipinski definition) is 5. The van der Waals surface area contributed by atoms with Crippen molar-refractivity contribution in [2.45, 2.75) is 0 Å². The maximum atomic E-state index is 8.88. The zero-order valence-electron chi connectivity index (χ0n) is 5.19. The third kappa shape index (κ3) is 350. The first kappa shape index (κ1) is 23.7. The first-order chi connectivity index (χ1) is 4.00. The van der Waals surface area contributed by atoms with Crippen molar-refractivity contribution in [3.63, 3.8) is 0 Å². The van der Waals surface area contributed by atoms with Crippen LogP contribution in [0.4, 0.5) is 0 Å². The summed E-state index contributed by atoms with van der Waals surface area (Å²) in [6, 6.07) is 0. The van der Waals surface area contributed by atoms with E-state index in [2.05, 4.69) is 0 Å². The van der Waals surface area contributed by atoms with Crippen LogP contribution in [0.3, 0.4) is 0 Å². The van der Waals surface area contributed by atoms with Gasteiger partial charge in [-0.25, -0.2) is 4.57 Å². The van der Waals surface area contributed by atoms with Gasteiger partial charge in [0.1, 0.15) is 0 Å². The third-order valence-electron chi connectivity index (χ3n) is 0. The van der Waals surface area contributed by atoms with E-state index in [-0.39, 0.29) is 57.2 Å². The van der Waals surface area contributed by atoms with E-state index in [0.29, 0.717) is 0 Å². The molecule has 12 heteroatoms. The fourth-order valence-corrected chi connectivity index (χ4v) is 0. The second-order valence-corrected chi connectivity index (χ2v) is 3.34. The predicted octanol–water partition coefficient (Wildman–Crippen LogP) is -4.46. The first-order valence-corrected chi connectivity index (χ1v) is 5.03. The van der Waals surface area contributed by atoms with Crippen LogP contribution in [0.5, 0.6) is 0 Å². The topological polar surface area (TPSA) is 159 Å². The molecule has 12 heavy (non-hydrogen) atoms. The van der Waals surface area contributed by atoms with Gasteiger partial charge < -0.3 is 33.9 Å². The van der Waals surface area contributed by atoms with Gasteiger partial charge in [0.2, 0.25) is 0 Å². The molecule has 0 rings (SSSR count). The number of hydrogen-bond donors (Lipinski definition) is 7. The molecule has 0 aliphatic heterocycles. The maximum Gasteiger partial charge on any atom is 0 e. The molecule has 0 atom stereocenters. The van der Waals surface area contributed by atoms with Crippen molar-refractivity contribution in [2.24, 2.45) is 0 Å². The molecule has 0 unspecified atom stereocenters. The molecule has 0 aromatic carbocycles. The van der Waals surface area contributed by atoms with Gasteiger partial charge in [-0.15, -0.1) is 0 Å². The van der Waals surface area contributed by atoms with Gasteiger partial charge in [0, 0.05) is 19.5 Å². The second-order valence-electron chi connectivity index (χ2n) is 1.11. The van der Waals surface area contributed by atoms with Crippen LogP contribution in [0, 0.1) is 0 Å². The summed E-state index contributed by atoms with van der Waals surface area (Å²) in [5.74, 6) is 0. The normalized spacial score (nSPS) is 9.92. The Morgan fingerprint density at radius 1 is 0.917 bits per heavy atom. The van der Waals surface area contributed by atoms with Gasteiger partial charge in [-0.1, -0.05) is 0 Å². The first-order valence-electron chi connectivity index (χ1n) is 1.68. The van der Waals surface area contributed by atoms with Crippen LogP contribution in [0.25, 0.3) is 0 Å². The number of phosphoric acid groups is 1. The zero-order chi connectivity index (χ0) is 9.00. The Morgan fingerprint density at radius 3 is 0.917 bits per heavy atom. The Morgan fingerprint density at radius 2 is 0.917 bits per heavy atom. The van der Waals surface area contributed by atoms with Crippen LogP contribution in [-0.4, -0.2) is 80.6 Å². The molecule has 0 aliphatic rings. The van der Waals surface area contributed by atoms with E-state index in [9.17, 15) is 0 Å². The molecule has 0 aliphatic carbocycles. The van der Waals surface area contributed by atoms with Gasteiger partial charge in [-0.2, -0.15) is 0 Å². The summed E-state index contributed by atoms with van der Waals surface area (Å²) >= 11 is 0. The van der Waals surface area contributed by atoms with Gasteiger partial charge >= 0.3 is 54.6 Å². The smallest absolute Gasteiger partial charge is 0 e. The SMILES string of the molecule is O=P(O)(O)O.O[Si](O)(O)O.[CaH2].[Zn]. The predicted molar refractivity (Wildman–Crippen MR) is 37.4 cm³/mol. The fraction of sp³-hybridized carbons (Fsp3) is 0. The van der Waals surface area contributed by atoms with E-state index < -0.39 is 16.9 Å². The van der Waals surface area contributed by atoms with Gasteiger partial charge in [0.25, 0.3) is 0 Å². The second kappa shape index (κ2) is 9.60. The third-order valence-corrected chi connectivity index (χ3v) is 0. The van der Waals surface area contributed by atoms with Crippen LogP contribution < -0.4 is 0 Å². The Bertz CT molecular complexity index is 111. The van der Waals surface area contributed by atoms with E-state index in [1.54, 1.807) is 0 Å². The van der Waals surface area contributed by atoms with Crippen LogP contribution in [0.1, 0.15) is 0 Å². The molecule has 8 nitrogen and oxygen atoms in total. The van der Waals surface area contributed by atoms with Crippen LogP contribution in [0.2, 0.25) is 0 Å². The summed E-state index contributed by atoms with van der Waals surface area (Å²) in [5, 5.41) is 0. The summed E-state index contributed by atoms with van der Waals surface area (Å²) in [6.45, 7) is 0. The quantitative estimate of drug-likeness (QED) is 0.174. The van der Waals surface area contributed by atoms with Crippen LogP contribution >= 0.6 is 7.82 Å². The van der Waals surface area contributed by atoms with E-state index in [4.69, 9.17) is 38.4 Å². The Kier molecular flexibility index (Phi) is 19.0. The van der Waals surface area contributed by atoms with E-state index >= 15 is 0 Å². The Balaban J connectivity index is -0.0000000457. The standard InChI is InChI=1S/Ca.H3O4P.H4O4Si.Zn.2H/c;2*1-5(2,3)4;;;/h;(H3,1,2,3,4);1-4H;;;. The van der Waals surface area contributed by atoms with Crippen molar-refractivity contribution in [3.8, 4) is 0 Å². The minimum absolute atomic E-state index is 0. The molecule has 0 bridgehead atoms. The molecule has 0 saturated heterocycles. The average molecular weight is 302 g/mol. The Labute approximate surface area is 111 Å². The van der Waals surface area contributed by atoms with Gasteiger partial charge in [0.05, 0.1) is 0 Å². The molecule has 0 spiro atoms. The van der Waals surface area contributed by atoms with E-state index in [1.807, 2.05) is 0 Å². The van der Waals surface area contributed by atoms with Crippen molar-refractivity contribution in [1.82, 2.24) is 0 Å². The summed E-state index contributed by atoms with van der Waals surface area (Å²) in [4.78, 5) is 50.9. The van der Waals surface area contributed by atoms with Crippen molar-refractivity contribution >= 4 is 54.6 Å².